The van der Waals surface area contributed by atoms with Gasteiger partial charge in [-0.15, -0.1) is 11.3 Å². The van der Waals surface area contributed by atoms with Crippen LogP contribution in [0.15, 0.2) is 36.4 Å². The molecule has 0 amide bonds. The fourth-order valence-corrected chi connectivity index (χ4v) is 4.57. The Morgan fingerprint density at radius 3 is 2.82 bits per heavy atom. The number of hydrogen-bond donors (Lipinski definition) is 1. The number of aromatic nitrogens is 1. The Hall–Kier alpha value is -1.65. The van der Waals surface area contributed by atoms with Crippen LogP contribution in [0.1, 0.15) is 29.0 Å². The Morgan fingerprint density at radius 2 is 2.05 bits per heavy atom. The van der Waals surface area contributed by atoms with Gasteiger partial charge < -0.3 is 5.73 Å². The minimum Gasteiger partial charge on any atom is -0.375 e. The third kappa shape index (κ3) is 2.69. The standard InChI is InChI=1S/C18H21N3S/c19-18-20-16-7-6-15(12-17(16)22-18)21-10-8-14(9-11-21)13-4-2-1-3-5-13/h1-5,8,15H,6-7,9-12H2,(H2,19,20). The van der Waals surface area contributed by atoms with E-state index in [0.717, 1.165) is 37.5 Å². The fourth-order valence-electron chi connectivity index (χ4n) is 3.62. The molecule has 0 saturated carbocycles. The molecule has 0 bridgehead atoms. The Morgan fingerprint density at radius 1 is 1.18 bits per heavy atom. The van der Waals surface area contributed by atoms with E-state index in [9.17, 15) is 0 Å². The van der Waals surface area contributed by atoms with Crippen molar-refractivity contribution in [2.24, 2.45) is 0 Å². The molecule has 2 aromatic rings. The van der Waals surface area contributed by atoms with E-state index in [0.29, 0.717) is 6.04 Å². The average molecular weight is 311 g/mol. The lowest BCUT2D eigenvalue weighted by Gasteiger charge is -2.35. The van der Waals surface area contributed by atoms with Gasteiger partial charge in [-0.3, -0.25) is 4.90 Å². The van der Waals surface area contributed by atoms with Crippen LogP contribution in [0.4, 0.5) is 5.13 Å². The van der Waals surface area contributed by atoms with Gasteiger partial charge in [0.05, 0.1) is 5.69 Å². The van der Waals surface area contributed by atoms with E-state index in [1.165, 1.54) is 28.1 Å². The number of nitrogens with zero attached hydrogens (tertiary/aromatic N) is 2. The maximum absolute atomic E-state index is 5.85. The molecule has 22 heavy (non-hydrogen) atoms. The normalized spacial score (nSPS) is 22.2. The van der Waals surface area contributed by atoms with Gasteiger partial charge in [0.25, 0.3) is 0 Å². The van der Waals surface area contributed by atoms with Crippen molar-refractivity contribution in [1.82, 2.24) is 9.88 Å². The summed E-state index contributed by atoms with van der Waals surface area (Å²) in [5, 5.41) is 0.732. The molecule has 2 heterocycles. The first-order chi connectivity index (χ1) is 10.8. The summed E-state index contributed by atoms with van der Waals surface area (Å²) in [5.41, 5.74) is 9.97. The summed E-state index contributed by atoms with van der Waals surface area (Å²) in [6.07, 6.45) is 6.98. The lowest BCUT2D eigenvalue weighted by molar-refractivity contribution is 0.198. The maximum atomic E-state index is 5.85. The largest absolute Gasteiger partial charge is 0.375 e. The Bertz CT molecular complexity index is 690. The van der Waals surface area contributed by atoms with Gasteiger partial charge in [-0.05, 0) is 36.8 Å². The first kappa shape index (κ1) is 14.0. The number of anilines is 1. The zero-order valence-corrected chi connectivity index (χ0v) is 13.5. The molecule has 1 atom stereocenters. The molecule has 2 N–H and O–H groups in total. The number of hydrogen-bond acceptors (Lipinski definition) is 4. The molecular formula is C18H21N3S. The molecule has 114 valence electrons. The zero-order valence-electron chi connectivity index (χ0n) is 12.7. The van der Waals surface area contributed by atoms with Gasteiger partial charge in [0.15, 0.2) is 5.13 Å². The van der Waals surface area contributed by atoms with Crippen LogP contribution < -0.4 is 5.73 Å². The van der Waals surface area contributed by atoms with Crippen LogP contribution in [-0.4, -0.2) is 29.0 Å². The molecule has 0 radical (unpaired) electrons. The van der Waals surface area contributed by atoms with Crippen LogP contribution in [0.5, 0.6) is 0 Å². The second-order valence-electron chi connectivity index (χ2n) is 6.16. The van der Waals surface area contributed by atoms with Gasteiger partial charge in [-0.1, -0.05) is 36.4 Å². The summed E-state index contributed by atoms with van der Waals surface area (Å²) in [6, 6.07) is 11.4. The molecule has 3 nitrogen and oxygen atoms in total. The highest BCUT2D eigenvalue weighted by molar-refractivity contribution is 7.15. The number of benzene rings is 1. The second kappa shape index (κ2) is 5.86. The topological polar surface area (TPSA) is 42.1 Å². The molecule has 4 heteroatoms. The molecule has 0 fully saturated rings. The van der Waals surface area contributed by atoms with Crippen LogP contribution in [0, 0.1) is 0 Å². The maximum Gasteiger partial charge on any atom is 0.180 e. The molecule has 1 aromatic heterocycles. The van der Waals surface area contributed by atoms with E-state index >= 15 is 0 Å². The van der Waals surface area contributed by atoms with Crippen molar-refractivity contribution >= 4 is 22.0 Å². The third-order valence-corrected chi connectivity index (χ3v) is 5.78. The summed E-state index contributed by atoms with van der Waals surface area (Å²) in [7, 11) is 0. The van der Waals surface area contributed by atoms with Gasteiger partial charge in [0, 0.05) is 24.0 Å². The van der Waals surface area contributed by atoms with Gasteiger partial charge >= 0.3 is 0 Å². The molecular weight excluding hydrogens is 290 g/mol. The first-order valence-corrected chi connectivity index (χ1v) is 8.84. The van der Waals surface area contributed by atoms with Crippen LogP contribution in [0.2, 0.25) is 0 Å². The van der Waals surface area contributed by atoms with E-state index < -0.39 is 0 Å². The van der Waals surface area contributed by atoms with Crippen LogP contribution in [0.25, 0.3) is 5.57 Å². The highest BCUT2D eigenvalue weighted by atomic mass is 32.1. The molecule has 1 aliphatic carbocycles. The number of nitrogen functional groups attached to an aromatic ring is 1. The molecule has 1 aliphatic heterocycles. The van der Waals surface area contributed by atoms with E-state index in [1.54, 1.807) is 11.3 Å². The number of rotatable bonds is 2. The highest BCUT2D eigenvalue weighted by Gasteiger charge is 2.27. The minimum absolute atomic E-state index is 0.654. The molecule has 0 saturated heterocycles. The summed E-state index contributed by atoms with van der Waals surface area (Å²) in [4.78, 5) is 8.49. The van der Waals surface area contributed by atoms with Gasteiger partial charge in [-0.2, -0.15) is 0 Å². The monoisotopic (exact) mass is 311 g/mol. The van der Waals surface area contributed by atoms with Crippen molar-refractivity contribution in [2.75, 3.05) is 18.8 Å². The van der Waals surface area contributed by atoms with E-state index in [-0.39, 0.29) is 0 Å². The van der Waals surface area contributed by atoms with Gasteiger partial charge in [0.2, 0.25) is 0 Å². The van der Waals surface area contributed by atoms with Crippen molar-refractivity contribution in [3.8, 4) is 0 Å². The zero-order chi connectivity index (χ0) is 14.9. The smallest absolute Gasteiger partial charge is 0.180 e. The van der Waals surface area contributed by atoms with Crippen LogP contribution in [-0.2, 0) is 12.8 Å². The van der Waals surface area contributed by atoms with E-state index in [4.69, 9.17) is 5.73 Å². The van der Waals surface area contributed by atoms with Gasteiger partial charge in [0.1, 0.15) is 0 Å². The summed E-state index contributed by atoms with van der Waals surface area (Å²) in [5.74, 6) is 0. The lowest BCUT2D eigenvalue weighted by Crippen LogP contribution is -2.41. The molecule has 4 rings (SSSR count). The summed E-state index contributed by atoms with van der Waals surface area (Å²) in [6.45, 7) is 2.23. The van der Waals surface area contributed by atoms with Crippen molar-refractivity contribution < 1.29 is 0 Å². The minimum atomic E-state index is 0.654. The van der Waals surface area contributed by atoms with Crippen molar-refractivity contribution in [2.45, 2.75) is 31.7 Å². The Balaban J connectivity index is 1.45. The predicted octanol–water partition coefficient (Wildman–Crippen LogP) is 3.37. The quantitative estimate of drug-likeness (QED) is 0.924. The van der Waals surface area contributed by atoms with E-state index in [2.05, 4.69) is 46.3 Å². The summed E-state index contributed by atoms with van der Waals surface area (Å²) < 4.78 is 0. The van der Waals surface area contributed by atoms with Crippen LogP contribution >= 0.6 is 11.3 Å². The number of thiazole rings is 1. The SMILES string of the molecule is Nc1nc2c(s1)CC(N1CC=C(c3ccccc3)CC1)CC2. The van der Waals surface area contributed by atoms with E-state index in [1.807, 2.05) is 0 Å². The Labute approximate surface area is 135 Å². The molecule has 1 aromatic carbocycles. The van der Waals surface area contributed by atoms with Gasteiger partial charge in [-0.25, -0.2) is 4.98 Å². The summed E-state index contributed by atoms with van der Waals surface area (Å²) >= 11 is 1.68. The molecule has 2 aliphatic rings. The molecule has 1 unspecified atom stereocenters. The first-order valence-electron chi connectivity index (χ1n) is 8.02. The number of nitrogens with two attached hydrogens (primary N) is 1. The van der Waals surface area contributed by atoms with Crippen molar-refractivity contribution in [1.29, 1.82) is 0 Å². The van der Waals surface area contributed by atoms with Crippen molar-refractivity contribution in [3.05, 3.63) is 52.5 Å². The number of aryl methyl sites for hydroxylation is 1. The average Bonchev–Trinajstić information content (AvgIpc) is 2.95. The number of fused-ring (bicyclic) bond motifs is 1. The fraction of sp³-hybridized carbons (Fsp3) is 0.389. The highest BCUT2D eigenvalue weighted by Crippen LogP contribution is 2.32. The Kier molecular flexibility index (Phi) is 3.72. The predicted molar refractivity (Wildman–Crippen MR) is 92.9 cm³/mol. The molecule has 0 spiro atoms. The van der Waals surface area contributed by atoms with Crippen LogP contribution in [0.3, 0.4) is 0 Å². The van der Waals surface area contributed by atoms with Crippen molar-refractivity contribution in [3.63, 3.8) is 0 Å². The third-order valence-electron chi connectivity index (χ3n) is 4.83. The second-order valence-corrected chi connectivity index (χ2v) is 7.27. The lowest BCUT2D eigenvalue weighted by atomic mass is 9.93.